The summed E-state index contributed by atoms with van der Waals surface area (Å²) in [5, 5.41) is 0. The van der Waals surface area contributed by atoms with E-state index in [0.29, 0.717) is 12.2 Å². The van der Waals surface area contributed by atoms with Crippen LogP contribution in [0.4, 0.5) is 0 Å². The van der Waals surface area contributed by atoms with Gasteiger partial charge in [-0.15, -0.1) is 0 Å². The van der Waals surface area contributed by atoms with Crippen LogP contribution in [0.15, 0.2) is 0 Å². The lowest BCUT2D eigenvalue weighted by molar-refractivity contribution is -0.170. The van der Waals surface area contributed by atoms with Crippen LogP contribution in [0, 0.1) is 5.41 Å². The number of hydrogen-bond acceptors (Lipinski definition) is 5. The van der Waals surface area contributed by atoms with E-state index in [-0.39, 0.29) is 13.2 Å². The molecular formula is C12H22O4S. The Hall–Kier alpha value is -0.710. The molecule has 4 nitrogen and oxygen atoms in total. The normalized spacial score (nSPS) is 11.1. The molecule has 17 heavy (non-hydrogen) atoms. The number of carbonyl (C=O) groups excluding carboxylic acids is 2. The minimum Gasteiger partial charge on any atom is -0.465 e. The van der Waals surface area contributed by atoms with Crippen LogP contribution in [0.25, 0.3) is 0 Å². The number of hydrogen-bond donors (Lipinski definition) is 0. The Kier molecular flexibility index (Phi) is 8.04. The summed E-state index contributed by atoms with van der Waals surface area (Å²) in [6.07, 6.45) is 0.400. The first-order valence-corrected chi connectivity index (χ1v) is 7.16. The van der Waals surface area contributed by atoms with Crippen LogP contribution in [0.5, 0.6) is 0 Å². The Morgan fingerprint density at radius 1 is 1.00 bits per heavy atom. The van der Waals surface area contributed by atoms with Gasteiger partial charge in [-0.2, -0.15) is 11.8 Å². The Bertz CT molecular complexity index is 235. The summed E-state index contributed by atoms with van der Waals surface area (Å²) in [6.45, 7) is 7.81. The monoisotopic (exact) mass is 262 g/mol. The van der Waals surface area contributed by atoms with E-state index in [1.807, 2.05) is 13.8 Å². The van der Waals surface area contributed by atoms with Crippen LogP contribution >= 0.6 is 11.8 Å². The topological polar surface area (TPSA) is 52.6 Å². The molecule has 0 amide bonds. The predicted octanol–water partition coefficient (Wildman–Crippen LogP) is 2.26. The van der Waals surface area contributed by atoms with Crippen LogP contribution < -0.4 is 0 Å². The molecule has 0 aliphatic carbocycles. The van der Waals surface area contributed by atoms with Gasteiger partial charge in [0.25, 0.3) is 0 Å². The molecule has 0 radical (unpaired) electrons. The molecule has 0 saturated carbocycles. The Morgan fingerprint density at radius 3 is 1.76 bits per heavy atom. The highest BCUT2D eigenvalue weighted by Crippen LogP contribution is 2.30. The van der Waals surface area contributed by atoms with Gasteiger partial charge in [-0.25, -0.2) is 0 Å². The van der Waals surface area contributed by atoms with Crippen LogP contribution in [-0.2, 0) is 19.1 Å². The SMILES string of the molecule is CCOC(=O)C(CC)(CSCC)C(=O)OCC. The highest BCUT2D eigenvalue weighted by Gasteiger charge is 2.47. The third kappa shape index (κ3) is 4.22. The van der Waals surface area contributed by atoms with Crippen molar-refractivity contribution in [3.8, 4) is 0 Å². The van der Waals surface area contributed by atoms with E-state index in [1.165, 1.54) is 0 Å². The summed E-state index contributed by atoms with van der Waals surface area (Å²) >= 11 is 1.55. The molecule has 0 fully saturated rings. The Morgan fingerprint density at radius 2 is 1.47 bits per heavy atom. The van der Waals surface area contributed by atoms with Gasteiger partial charge in [0.15, 0.2) is 5.41 Å². The summed E-state index contributed by atoms with van der Waals surface area (Å²) in [7, 11) is 0. The van der Waals surface area contributed by atoms with E-state index >= 15 is 0 Å². The smallest absolute Gasteiger partial charge is 0.324 e. The minimum absolute atomic E-state index is 0.275. The second-order valence-corrected chi connectivity index (χ2v) is 4.79. The van der Waals surface area contributed by atoms with E-state index < -0.39 is 17.4 Å². The van der Waals surface area contributed by atoms with Gasteiger partial charge in [-0.1, -0.05) is 13.8 Å². The highest BCUT2D eigenvalue weighted by molar-refractivity contribution is 7.99. The molecule has 0 unspecified atom stereocenters. The fraction of sp³-hybridized carbons (Fsp3) is 0.833. The van der Waals surface area contributed by atoms with E-state index in [9.17, 15) is 9.59 Å². The molecule has 0 atom stereocenters. The standard InChI is InChI=1S/C12H22O4S/c1-5-12(9-17-8-4,10(13)15-6-2)11(14)16-7-3/h5-9H2,1-4H3. The fourth-order valence-electron chi connectivity index (χ4n) is 1.41. The fourth-order valence-corrected chi connectivity index (χ4v) is 2.40. The van der Waals surface area contributed by atoms with Crippen molar-refractivity contribution in [2.75, 3.05) is 24.7 Å². The summed E-state index contributed by atoms with van der Waals surface area (Å²) in [6, 6.07) is 0. The Labute approximate surface area is 107 Å². The molecule has 5 heteroatoms. The highest BCUT2D eigenvalue weighted by atomic mass is 32.2. The molecule has 0 bridgehead atoms. The van der Waals surface area contributed by atoms with Crippen LogP contribution in [0.2, 0.25) is 0 Å². The quantitative estimate of drug-likeness (QED) is 0.496. The summed E-state index contributed by atoms with van der Waals surface area (Å²) in [5.74, 6) is 0.321. The van der Waals surface area contributed by atoms with E-state index in [2.05, 4.69) is 0 Å². The number of rotatable bonds is 8. The van der Waals surface area contributed by atoms with Crippen molar-refractivity contribution in [2.24, 2.45) is 5.41 Å². The third-order valence-corrected chi connectivity index (χ3v) is 3.59. The van der Waals surface area contributed by atoms with Crippen molar-refractivity contribution in [1.29, 1.82) is 0 Å². The molecule has 100 valence electrons. The van der Waals surface area contributed by atoms with Gasteiger partial charge >= 0.3 is 11.9 Å². The maximum absolute atomic E-state index is 12.0. The van der Waals surface area contributed by atoms with Crippen molar-refractivity contribution < 1.29 is 19.1 Å². The molecule has 0 spiro atoms. The van der Waals surface area contributed by atoms with Crippen LogP contribution in [0.1, 0.15) is 34.1 Å². The zero-order valence-electron chi connectivity index (χ0n) is 11.1. The van der Waals surface area contributed by atoms with Gasteiger partial charge < -0.3 is 9.47 Å². The lowest BCUT2D eigenvalue weighted by atomic mass is 9.87. The number of ether oxygens (including phenoxy) is 2. The maximum atomic E-state index is 12.0. The second kappa shape index (κ2) is 8.39. The number of esters is 2. The summed E-state index contributed by atoms with van der Waals surface area (Å²) < 4.78 is 10.0. The summed E-state index contributed by atoms with van der Waals surface area (Å²) in [4.78, 5) is 24.0. The van der Waals surface area contributed by atoms with Crippen LogP contribution in [0.3, 0.4) is 0 Å². The third-order valence-electron chi connectivity index (χ3n) is 2.49. The molecule has 0 aromatic heterocycles. The Balaban J connectivity index is 4.98. The molecule has 0 aromatic carbocycles. The van der Waals surface area contributed by atoms with E-state index in [1.54, 1.807) is 25.6 Å². The average Bonchev–Trinajstić information content (AvgIpc) is 2.31. The van der Waals surface area contributed by atoms with Crippen molar-refractivity contribution in [2.45, 2.75) is 34.1 Å². The largest absolute Gasteiger partial charge is 0.465 e. The zero-order chi connectivity index (χ0) is 13.3. The molecule has 0 heterocycles. The van der Waals surface area contributed by atoms with Gasteiger partial charge in [-0.3, -0.25) is 9.59 Å². The van der Waals surface area contributed by atoms with Crippen molar-refractivity contribution in [3.63, 3.8) is 0 Å². The van der Waals surface area contributed by atoms with Gasteiger partial charge in [0, 0.05) is 5.75 Å². The lowest BCUT2D eigenvalue weighted by Gasteiger charge is -2.27. The number of carbonyl (C=O) groups is 2. The summed E-state index contributed by atoms with van der Waals surface area (Å²) in [5.41, 5.74) is -1.15. The first-order valence-electron chi connectivity index (χ1n) is 6.01. The number of thioether (sulfide) groups is 1. The minimum atomic E-state index is -1.15. The van der Waals surface area contributed by atoms with Gasteiger partial charge in [0.05, 0.1) is 13.2 Å². The lowest BCUT2D eigenvalue weighted by Crippen LogP contribution is -2.44. The average molecular weight is 262 g/mol. The van der Waals surface area contributed by atoms with Crippen molar-refractivity contribution >= 4 is 23.7 Å². The van der Waals surface area contributed by atoms with Gasteiger partial charge in [0.1, 0.15) is 0 Å². The molecule has 0 saturated heterocycles. The van der Waals surface area contributed by atoms with Gasteiger partial charge in [0.2, 0.25) is 0 Å². The van der Waals surface area contributed by atoms with E-state index in [4.69, 9.17) is 9.47 Å². The first-order chi connectivity index (χ1) is 8.08. The van der Waals surface area contributed by atoms with Crippen LogP contribution in [-0.4, -0.2) is 36.7 Å². The molecule has 0 aliphatic rings. The molecular weight excluding hydrogens is 240 g/mol. The molecule has 0 rings (SSSR count). The maximum Gasteiger partial charge on any atom is 0.324 e. The second-order valence-electron chi connectivity index (χ2n) is 3.51. The molecule has 0 N–H and O–H groups in total. The molecule has 0 aromatic rings. The van der Waals surface area contributed by atoms with Crippen molar-refractivity contribution in [3.05, 3.63) is 0 Å². The van der Waals surface area contributed by atoms with Crippen molar-refractivity contribution in [1.82, 2.24) is 0 Å². The molecule has 0 aliphatic heterocycles. The first kappa shape index (κ1) is 16.3. The predicted molar refractivity (Wildman–Crippen MR) is 69.0 cm³/mol. The van der Waals surface area contributed by atoms with Gasteiger partial charge in [-0.05, 0) is 26.0 Å². The van der Waals surface area contributed by atoms with E-state index in [0.717, 1.165) is 5.75 Å². The zero-order valence-corrected chi connectivity index (χ0v) is 11.9.